The lowest BCUT2D eigenvalue weighted by Crippen LogP contribution is -2.54. The maximum atomic E-state index is 13.1. The van der Waals surface area contributed by atoms with Crippen molar-refractivity contribution in [3.05, 3.63) is 0 Å². The molecule has 0 spiro atoms. The minimum atomic E-state index is -4.16. The second kappa shape index (κ2) is 7.06. The Kier molecular flexibility index (Phi) is 5.36. The Bertz CT molecular complexity index is 482. The molecule has 1 atom stereocenters. The first-order valence-corrected chi connectivity index (χ1v) is 9.47. The summed E-state index contributed by atoms with van der Waals surface area (Å²) in [7, 11) is 0. The molecule has 2 aliphatic heterocycles. The number of amides is 1. The summed E-state index contributed by atoms with van der Waals surface area (Å²) in [6.07, 6.45) is 0.478. The van der Waals surface area contributed by atoms with Crippen molar-refractivity contribution >= 4 is 5.91 Å². The van der Waals surface area contributed by atoms with Crippen LogP contribution in [0.25, 0.3) is 0 Å². The molecule has 7 heteroatoms. The Hall–Kier alpha value is -0.820. The molecule has 1 amide bonds. The summed E-state index contributed by atoms with van der Waals surface area (Å²) in [6, 6.07) is 0.983. The van der Waals surface area contributed by atoms with Gasteiger partial charge in [-0.05, 0) is 44.1 Å². The molecule has 2 saturated heterocycles. The fourth-order valence-corrected chi connectivity index (χ4v) is 4.53. The molecule has 0 aromatic carbocycles. The van der Waals surface area contributed by atoms with E-state index in [-0.39, 0.29) is 24.9 Å². The molecule has 4 nitrogen and oxygen atoms in total. The van der Waals surface area contributed by atoms with Crippen molar-refractivity contribution in [1.82, 2.24) is 15.1 Å². The molecule has 0 bridgehead atoms. The highest BCUT2D eigenvalue weighted by Gasteiger charge is 2.51. The number of rotatable bonds is 4. The first kappa shape index (κ1) is 19.0. The molecule has 0 aromatic rings. The van der Waals surface area contributed by atoms with E-state index in [1.807, 2.05) is 4.90 Å². The highest BCUT2D eigenvalue weighted by atomic mass is 19.4. The summed E-state index contributed by atoms with van der Waals surface area (Å²) in [6.45, 7) is 6.24. The van der Waals surface area contributed by atoms with Crippen LogP contribution in [-0.4, -0.2) is 66.7 Å². The molecule has 144 valence electrons. The Morgan fingerprint density at radius 2 is 1.72 bits per heavy atom. The van der Waals surface area contributed by atoms with Gasteiger partial charge >= 0.3 is 6.18 Å². The first-order valence-electron chi connectivity index (χ1n) is 9.47. The average Bonchev–Trinajstić information content (AvgIpc) is 3.30. The number of nitrogens with one attached hydrogen (secondary N) is 1. The van der Waals surface area contributed by atoms with Crippen molar-refractivity contribution in [2.75, 3.05) is 32.7 Å². The Morgan fingerprint density at radius 3 is 2.24 bits per heavy atom. The second-order valence-electron chi connectivity index (χ2n) is 8.69. The van der Waals surface area contributed by atoms with Gasteiger partial charge in [0.25, 0.3) is 0 Å². The van der Waals surface area contributed by atoms with Crippen molar-refractivity contribution in [3.63, 3.8) is 0 Å². The minimum Gasteiger partial charge on any atom is -0.352 e. The lowest BCUT2D eigenvalue weighted by molar-refractivity contribution is -0.216. The van der Waals surface area contributed by atoms with E-state index in [1.54, 1.807) is 13.8 Å². The minimum absolute atomic E-state index is 0.0499. The second-order valence-corrected chi connectivity index (χ2v) is 8.69. The number of alkyl halides is 3. The summed E-state index contributed by atoms with van der Waals surface area (Å²) >= 11 is 0. The van der Waals surface area contributed by atoms with E-state index in [2.05, 4.69) is 10.2 Å². The molecular weight excluding hydrogens is 331 g/mol. The number of halogens is 3. The third-order valence-corrected chi connectivity index (χ3v) is 6.03. The number of carbonyl (C=O) groups is 1. The van der Waals surface area contributed by atoms with Gasteiger partial charge in [0.2, 0.25) is 5.91 Å². The maximum absolute atomic E-state index is 13.1. The third kappa shape index (κ3) is 4.88. The van der Waals surface area contributed by atoms with Crippen molar-refractivity contribution in [1.29, 1.82) is 0 Å². The fraction of sp³-hybridized carbons (Fsp3) is 0.944. The molecule has 0 aromatic heterocycles. The summed E-state index contributed by atoms with van der Waals surface area (Å²) in [4.78, 5) is 16.7. The zero-order chi connectivity index (χ0) is 18.2. The van der Waals surface area contributed by atoms with Gasteiger partial charge in [-0.1, -0.05) is 13.8 Å². The van der Waals surface area contributed by atoms with Crippen molar-refractivity contribution < 1.29 is 18.0 Å². The van der Waals surface area contributed by atoms with E-state index in [4.69, 9.17) is 0 Å². The number of hydrogen-bond acceptors (Lipinski definition) is 3. The normalized spacial score (nSPS) is 29.6. The SMILES string of the molecule is CC1(C)CN(CC(=O)NC2CCN(C3CC3)CC2)CC[C@H]1C(F)(F)F. The molecule has 0 radical (unpaired) electrons. The first-order chi connectivity index (χ1) is 11.6. The molecule has 3 aliphatic rings. The van der Waals surface area contributed by atoms with Crippen molar-refractivity contribution in [2.45, 2.75) is 64.2 Å². The zero-order valence-electron chi connectivity index (χ0n) is 15.2. The van der Waals surface area contributed by atoms with Crippen LogP contribution in [0.5, 0.6) is 0 Å². The van der Waals surface area contributed by atoms with Gasteiger partial charge in [-0.2, -0.15) is 13.2 Å². The molecular formula is C18H30F3N3O. The number of hydrogen-bond donors (Lipinski definition) is 1. The van der Waals surface area contributed by atoms with E-state index in [0.717, 1.165) is 32.0 Å². The van der Waals surface area contributed by atoms with E-state index in [1.165, 1.54) is 12.8 Å². The van der Waals surface area contributed by atoms with Gasteiger partial charge in [0.15, 0.2) is 0 Å². The van der Waals surface area contributed by atoms with Gasteiger partial charge in [0.1, 0.15) is 0 Å². The van der Waals surface area contributed by atoms with Gasteiger partial charge in [-0.25, -0.2) is 0 Å². The van der Waals surface area contributed by atoms with Crippen LogP contribution in [-0.2, 0) is 4.79 Å². The molecule has 2 heterocycles. The van der Waals surface area contributed by atoms with Gasteiger partial charge in [0.05, 0.1) is 12.5 Å². The van der Waals surface area contributed by atoms with Crippen LogP contribution in [0, 0.1) is 11.3 Å². The van der Waals surface area contributed by atoms with E-state index in [0.29, 0.717) is 13.1 Å². The molecule has 1 saturated carbocycles. The highest BCUT2D eigenvalue weighted by Crippen LogP contribution is 2.44. The van der Waals surface area contributed by atoms with Crippen LogP contribution >= 0.6 is 0 Å². The van der Waals surface area contributed by atoms with Gasteiger partial charge in [-0.3, -0.25) is 9.69 Å². The number of nitrogens with zero attached hydrogens (tertiary/aromatic N) is 2. The monoisotopic (exact) mass is 361 g/mol. The Balaban J connectivity index is 1.43. The Morgan fingerprint density at radius 1 is 1.08 bits per heavy atom. The molecule has 25 heavy (non-hydrogen) atoms. The van der Waals surface area contributed by atoms with Crippen molar-refractivity contribution in [3.8, 4) is 0 Å². The number of carbonyl (C=O) groups excluding carboxylic acids is 1. The topological polar surface area (TPSA) is 35.6 Å². The average molecular weight is 361 g/mol. The summed E-state index contributed by atoms with van der Waals surface area (Å²) in [5, 5.41) is 3.09. The van der Waals surface area contributed by atoms with E-state index >= 15 is 0 Å². The largest absolute Gasteiger partial charge is 0.392 e. The lowest BCUT2D eigenvalue weighted by atomic mass is 9.73. The van der Waals surface area contributed by atoms with Crippen LogP contribution in [0.3, 0.4) is 0 Å². The molecule has 3 rings (SSSR count). The molecule has 0 unspecified atom stereocenters. The lowest BCUT2D eigenvalue weighted by Gasteiger charge is -2.44. The van der Waals surface area contributed by atoms with E-state index in [9.17, 15) is 18.0 Å². The van der Waals surface area contributed by atoms with Gasteiger partial charge in [0, 0.05) is 31.7 Å². The van der Waals surface area contributed by atoms with Crippen LogP contribution in [0.2, 0.25) is 0 Å². The third-order valence-electron chi connectivity index (χ3n) is 6.03. The maximum Gasteiger partial charge on any atom is 0.392 e. The van der Waals surface area contributed by atoms with Crippen LogP contribution in [0.4, 0.5) is 13.2 Å². The summed E-state index contributed by atoms with van der Waals surface area (Å²) < 4.78 is 39.4. The van der Waals surface area contributed by atoms with Gasteiger partial charge < -0.3 is 10.2 Å². The molecule has 1 N–H and O–H groups in total. The van der Waals surface area contributed by atoms with Gasteiger partial charge in [-0.15, -0.1) is 0 Å². The fourth-order valence-electron chi connectivity index (χ4n) is 4.53. The van der Waals surface area contributed by atoms with Crippen LogP contribution < -0.4 is 5.32 Å². The summed E-state index contributed by atoms with van der Waals surface area (Å²) in [5.41, 5.74) is -0.855. The summed E-state index contributed by atoms with van der Waals surface area (Å²) in [5.74, 6) is -1.34. The van der Waals surface area contributed by atoms with Crippen molar-refractivity contribution in [2.24, 2.45) is 11.3 Å². The standard InChI is InChI=1S/C18H30F3N3O/c1-17(2)12-23(8-7-15(17)18(19,20)21)11-16(25)22-13-5-9-24(10-6-13)14-3-4-14/h13-15H,3-12H2,1-2H3,(H,22,25)/t15-/m1/s1. The quantitative estimate of drug-likeness (QED) is 0.836. The van der Waals surface area contributed by atoms with E-state index < -0.39 is 17.5 Å². The highest BCUT2D eigenvalue weighted by molar-refractivity contribution is 5.78. The predicted octanol–water partition coefficient (Wildman–Crippen LogP) is 2.64. The predicted molar refractivity (Wildman–Crippen MR) is 90.1 cm³/mol. The molecule has 1 aliphatic carbocycles. The molecule has 3 fully saturated rings. The number of piperidine rings is 2. The van der Waals surface area contributed by atoms with Crippen LogP contribution in [0.1, 0.15) is 46.0 Å². The number of likely N-dealkylation sites (tertiary alicyclic amines) is 2. The smallest absolute Gasteiger partial charge is 0.352 e. The Labute approximate surface area is 148 Å². The zero-order valence-corrected chi connectivity index (χ0v) is 15.2. The van der Waals surface area contributed by atoms with Crippen LogP contribution in [0.15, 0.2) is 0 Å².